The molecule has 0 radical (unpaired) electrons. The minimum atomic E-state index is -4.75. The Kier molecular flexibility index (Phi) is 4.32. The third-order valence-corrected chi connectivity index (χ3v) is 2.77. The van der Waals surface area contributed by atoms with Crippen molar-refractivity contribution in [1.29, 1.82) is 0 Å². The van der Waals surface area contributed by atoms with E-state index in [-0.39, 0.29) is 17.4 Å². The van der Waals surface area contributed by atoms with Crippen LogP contribution in [0.1, 0.15) is 25.3 Å². The van der Waals surface area contributed by atoms with Crippen LogP contribution in [0.2, 0.25) is 0 Å². The summed E-state index contributed by atoms with van der Waals surface area (Å²) in [7, 11) is 0. The number of hydrogen-bond acceptors (Lipinski definition) is 3. The van der Waals surface area contributed by atoms with E-state index in [4.69, 9.17) is 4.42 Å². The average molecular weight is 302 g/mol. The molecule has 0 fully saturated rings. The molecule has 0 spiro atoms. The zero-order valence-corrected chi connectivity index (χ0v) is 11.5. The van der Waals surface area contributed by atoms with Gasteiger partial charge in [0, 0.05) is 11.6 Å². The van der Waals surface area contributed by atoms with Gasteiger partial charge in [-0.15, -0.1) is 0 Å². The van der Waals surface area contributed by atoms with Gasteiger partial charge in [0.05, 0.1) is 18.3 Å². The number of benzene rings is 1. The van der Waals surface area contributed by atoms with Crippen molar-refractivity contribution < 1.29 is 22.0 Å². The second-order valence-corrected chi connectivity index (χ2v) is 4.85. The van der Waals surface area contributed by atoms with Crippen molar-refractivity contribution in [2.24, 2.45) is 0 Å². The van der Waals surface area contributed by atoms with Crippen molar-refractivity contribution in [3.8, 4) is 11.3 Å². The smallest absolute Gasteiger partial charge is 0.419 e. The van der Waals surface area contributed by atoms with Crippen LogP contribution in [0, 0.1) is 5.82 Å². The predicted octanol–water partition coefficient (Wildman–Crippen LogP) is 4.00. The van der Waals surface area contributed by atoms with Crippen LogP contribution in [0.3, 0.4) is 0 Å². The van der Waals surface area contributed by atoms with Crippen molar-refractivity contribution >= 4 is 0 Å². The van der Waals surface area contributed by atoms with Crippen LogP contribution in [0.4, 0.5) is 17.6 Å². The van der Waals surface area contributed by atoms with Crippen molar-refractivity contribution in [1.82, 2.24) is 10.3 Å². The number of oxazole rings is 1. The highest BCUT2D eigenvalue weighted by molar-refractivity contribution is 5.58. The minimum Gasteiger partial charge on any atom is -0.439 e. The molecule has 2 aromatic rings. The monoisotopic (exact) mass is 302 g/mol. The number of alkyl halides is 3. The summed E-state index contributed by atoms with van der Waals surface area (Å²) in [5.41, 5.74) is -1.19. The molecule has 7 heteroatoms. The minimum absolute atomic E-state index is 0.132. The fourth-order valence-corrected chi connectivity index (χ4v) is 1.71. The van der Waals surface area contributed by atoms with Gasteiger partial charge in [0.2, 0.25) is 5.89 Å². The standard InChI is InChI=1S/C14H14F4N2O/c1-8(2)19-7-13-20-6-12(21-13)9-3-4-11(15)10(5-9)14(16,17)18/h3-6,8,19H,7H2,1-2H3. The lowest BCUT2D eigenvalue weighted by molar-refractivity contribution is -0.139. The number of hydrogen-bond donors (Lipinski definition) is 1. The summed E-state index contributed by atoms with van der Waals surface area (Å²) in [5.74, 6) is -0.787. The summed E-state index contributed by atoms with van der Waals surface area (Å²) in [6.45, 7) is 4.25. The van der Waals surface area contributed by atoms with Crippen molar-refractivity contribution in [3.05, 3.63) is 41.7 Å². The molecule has 0 saturated carbocycles. The van der Waals surface area contributed by atoms with Crippen LogP contribution in [0.5, 0.6) is 0 Å². The van der Waals surface area contributed by atoms with E-state index in [1.165, 1.54) is 12.3 Å². The number of nitrogens with one attached hydrogen (secondary N) is 1. The summed E-state index contributed by atoms with van der Waals surface area (Å²) < 4.78 is 56.6. The molecule has 1 heterocycles. The highest BCUT2D eigenvalue weighted by Gasteiger charge is 2.34. The molecule has 0 atom stereocenters. The zero-order valence-electron chi connectivity index (χ0n) is 11.5. The van der Waals surface area contributed by atoms with Crippen LogP contribution in [-0.4, -0.2) is 11.0 Å². The SMILES string of the molecule is CC(C)NCc1ncc(-c2ccc(F)c(C(F)(F)F)c2)o1. The Morgan fingerprint density at radius 2 is 2.00 bits per heavy atom. The molecule has 0 amide bonds. The molecule has 0 aliphatic heterocycles. The Morgan fingerprint density at radius 3 is 2.62 bits per heavy atom. The van der Waals surface area contributed by atoms with E-state index in [0.717, 1.165) is 12.1 Å². The fraction of sp³-hybridized carbons (Fsp3) is 0.357. The molecule has 3 nitrogen and oxygen atoms in total. The van der Waals surface area contributed by atoms with E-state index >= 15 is 0 Å². The van der Waals surface area contributed by atoms with Gasteiger partial charge in [-0.1, -0.05) is 13.8 Å². The average Bonchev–Trinajstić information content (AvgIpc) is 2.84. The normalized spacial score (nSPS) is 12.1. The number of rotatable bonds is 4. The van der Waals surface area contributed by atoms with Gasteiger partial charge in [0.1, 0.15) is 5.82 Å². The third-order valence-electron chi connectivity index (χ3n) is 2.77. The first-order valence-electron chi connectivity index (χ1n) is 6.32. The van der Waals surface area contributed by atoms with Crippen molar-refractivity contribution in [2.75, 3.05) is 0 Å². The first-order valence-corrected chi connectivity index (χ1v) is 6.32. The molecule has 1 aromatic heterocycles. The lowest BCUT2D eigenvalue weighted by Crippen LogP contribution is -2.21. The van der Waals surface area contributed by atoms with Crippen molar-refractivity contribution in [2.45, 2.75) is 32.6 Å². The highest BCUT2D eigenvalue weighted by Crippen LogP contribution is 2.34. The second kappa shape index (κ2) is 5.85. The lowest BCUT2D eigenvalue weighted by Gasteiger charge is -2.08. The van der Waals surface area contributed by atoms with Gasteiger partial charge in [-0.2, -0.15) is 13.2 Å². The summed E-state index contributed by atoms with van der Waals surface area (Å²) >= 11 is 0. The quantitative estimate of drug-likeness (QED) is 0.868. The molecule has 1 aromatic carbocycles. The van der Waals surface area contributed by atoms with E-state index in [0.29, 0.717) is 12.4 Å². The second-order valence-electron chi connectivity index (χ2n) is 4.85. The van der Waals surface area contributed by atoms with Crippen molar-refractivity contribution in [3.63, 3.8) is 0 Å². The molecule has 0 bridgehead atoms. The maximum Gasteiger partial charge on any atom is 0.419 e. The number of halogens is 4. The summed E-state index contributed by atoms with van der Waals surface area (Å²) in [4.78, 5) is 3.97. The van der Waals surface area contributed by atoms with Gasteiger partial charge in [0.15, 0.2) is 5.76 Å². The molecule has 114 valence electrons. The van der Waals surface area contributed by atoms with Gasteiger partial charge in [-0.3, -0.25) is 0 Å². The topological polar surface area (TPSA) is 38.1 Å². The summed E-state index contributed by atoms with van der Waals surface area (Å²) in [6.07, 6.45) is -3.42. The van der Waals surface area contributed by atoms with E-state index < -0.39 is 17.6 Å². The molecular weight excluding hydrogens is 288 g/mol. The predicted molar refractivity (Wildman–Crippen MR) is 68.9 cm³/mol. The Hall–Kier alpha value is -1.89. The Balaban J connectivity index is 2.26. The Labute approximate surface area is 119 Å². The maximum atomic E-state index is 13.2. The molecule has 1 N–H and O–H groups in total. The first-order chi connectivity index (χ1) is 9.77. The van der Waals surface area contributed by atoms with Gasteiger partial charge < -0.3 is 9.73 Å². The molecular formula is C14H14F4N2O. The van der Waals surface area contributed by atoms with Crippen LogP contribution in [0.15, 0.2) is 28.8 Å². The summed E-state index contributed by atoms with van der Waals surface area (Å²) in [5, 5.41) is 3.08. The zero-order chi connectivity index (χ0) is 15.6. The van der Waals surface area contributed by atoms with E-state index in [1.807, 2.05) is 13.8 Å². The number of aromatic nitrogens is 1. The van der Waals surface area contributed by atoms with Gasteiger partial charge in [-0.05, 0) is 18.2 Å². The Morgan fingerprint density at radius 1 is 1.29 bits per heavy atom. The third kappa shape index (κ3) is 3.81. The van der Waals surface area contributed by atoms with Gasteiger partial charge >= 0.3 is 6.18 Å². The van der Waals surface area contributed by atoms with Gasteiger partial charge in [-0.25, -0.2) is 9.37 Å². The van der Waals surface area contributed by atoms with Crippen LogP contribution < -0.4 is 5.32 Å². The molecule has 21 heavy (non-hydrogen) atoms. The molecule has 0 aliphatic carbocycles. The fourth-order valence-electron chi connectivity index (χ4n) is 1.71. The first kappa shape index (κ1) is 15.5. The van der Waals surface area contributed by atoms with Gasteiger partial charge in [0.25, 0.3) is 0 Å². The van der Waals surface area contributed by atoms with E-state index in [1.54, 1.807) is 0 Å². The molecule has 0 aliphatic rings. The van der Waals surface area contributed by atoms with Crippen LogP contribution in [-0.2, 0) is 12.7 Å². The maximum absolute atomic E-state index is 13.2. The van der Waals surface area contributed by atoms with E-state index in [9.17, 15) is 17.6 Å². The summed E-state index contributed by atoms with van der Waals surface area (Å²) in [6, 6.07) is 2.94. The lowest BCUT2D eigenvalue weighted by atomic mass is 10.1. The molecule has 0 unspecified atom stereocenters. The Bertz CT molecular complexity index is 620. The van der Waals surface area contributed by atoms with E-state index in [2.05, 4.69) is 10.3 Å². The molecule has 2 rings (SSSR count). The number of nitrogens with zero attached hydrogens (tertiary/aromatic N) is 1. The largest absolute Gasteiger partial charge is 0.439 e. The van der Waals surface area contributed by atoms with Crippen LogP contribution in [0.25, 0.3) is 11.3 Å². The van der Waals surface area contributed by atoms with Crippen LogP contribution >= 0.6 is 0 Å². The highest BCUT2D eigenvalue weighted by atomic mass is 19.4. The molecule has 0 saturated heterocycles.